The molecule has 4 aromatic rings. The van der Waals surface area contributed by atoms with Crippen LogP contribution in [0.2, 0.25) is 0 Å². The van der Waals surface area contributed by atoms with E-state index in [1.54, 1.807) is 0 Å². The first kappa shape index (κ1) is 14.6. The fourth-order valence-corrected chi connectivity index (χ4v) is 2.96. The van der Waals surface area contributed by atoms with Crippen molar-refractivity contribution in [2.75, 3.05) is 0 Å². The summed E-state index contributed by atoms with van der Waals surface area (Å²) in [6.07, 6.45) is 5.74. The molecule has 4 aromatic heterocycles. The highest BCUT2D eigenvalue weighted by Gasteiger charge is 2.18. The van der Waals surface area contributed by atoms with Crippen molar-refractivity contribution in [2.24, 2.45) is 0 Å². The molecule has 0 saturated heterocycles. The smallest absolute Gasteiger partial charge is 0.154 e. The van der Waals surface area contributed by atoms with E-state index in [1.165, 1.54) is 5.56 Å². The zero-order valence-corrected chi connectivity index (χ0v) is 14.0. The number of hydrogen-bond donors (Lipinski definition) is 0. The second kappa shape index (κ2) is 5.60. The average Bonchev–Trinajstić information content (AvgIpc) is 3.20. The lowest BCUT2D eigenvalue weighted by Gasteiger charge is -2.12. The first-order valence-electron chi connectivity index (χ1n) is 8.09. The molecular weight excluding hydrogens is 298 g/mol. The van der Waals surface area contributed by atoms with Crippen molar-refractivity contribution >= 4 is 5.52 Å². The molecule has 0 fully saturated rings. The molecule has 120 valence electrons. The Balaban J connectivity index is 1.96. The van der Waals surface area contributed by atoms with E-state index in [0.29, 0.717) is 5.92 Å². The molecule has 0 unspecified atom stereocenters. The summed E-state index contributed by atoms with van der Waals surface area (Å²) in [6, 6.07) is 12.2. The van der Waals surface area contributed by atoms with Gasteiger partial charge >= 0.3 is 0 Å². The van der Waals surface area contributed by atoms with Crippen LogP contribution in [0.15, 0.2) is 55.0 Å². The van der Waals surface area contributed by atoms with Crippen molar-refractivity contribution in [1.29, 1.82) is 0 Å². The van der Waals surface area contributed by atoms with Crippen LogP contribution in [0.4, 0.5) is 0 Å². The number of hydrogen-bond acceptors (Lipinski definition) is 3. The highest BCUT2D eigenvalue weighted by Crippen LogP contribution is 2.31. The van der Waals surface area contributed by atoms with Crippen molar-refractivity contribution in [2.45, 2.75) is 26.7 Å². The van der Waals surface area contributed by atoms with Crippen molar-refractivity contribution in [3.8, 4) is 17.1 Å². The van der Waals surface area contributed by atoms with E-state index in [-0.39, 0.29) is 0 Å². The number of fused-ring (bicyclic) bond motifs is 1. The Morgan fingerprint density at radius 1 is 1.04 bits per heavy atom. The standard InChI is InChI=1S/C19H19N5/c1-13(2)17-12-21-24(18-6-4-5-14(3)22-18)19(17)15-8-10-23-16(11-15)7-9-20-23/h4-13H,1-3H3. The molecule has 0 aliphatic carbocycles. The number of pyridine rings is 2. The van der Waals surface area contributed by atoms with Gasteiger partial charge in [-0.05, 0) is 43.2 Å². The van der Waals surface area contributed by atoms with E-state index in [2.05, 4.69) is 41.2 Å². The summed E-state index contributed by atoms with van der Waals surface area (Å²) in [6.45, 7) is 6.37. The van der Waals surface area contributed by atoms with Crippen molar-refractivity contribution in [3.63, 3.8) is 0 Å². The summed E-state index contributed by atoms with van der Waals surface area (Å²) in [4.78, 5) is 4.64. The Kier molecular flexibility index (Phi) is 3.41. The molecule has 4 rings (SSSR count). The third-order valence-electron chi connectivity index (χ3n) is 4.18. The molecule has 5 heteroatoms. The van der Waals surface area contributed by atoms with Crippen LogP contribution in [-0.4, -0.2) is 24.4 Å². The highest BCUT2D eigenvalue weighted by molar-refractivity contribution is 5.70. The Labute approximate surface area is 140 Å². The normalized spacial score (nSPS) is 11.5. The minimum atomic E-state index is 0.375. The summed E-state index contributed by atoms with van der Waals surface area (Å²) in [5.41, 5.74) is 5.46. The van der Waals surface area contributed by atoms with Gasteiger partial charge in [-0.2, -0.15) is 10.2 Å². The van der Waals surface area contributed by atoms with Gasteiger partial charge in [0.1, 0.15) is 0 Å². The lowest BCUT2D eigenvalue weighted by molar-refractivity contribution is 0.842. The van der Waals surface area contributed by atoms with Gasteiger partial charge in [0.25, 0.3) is 0 Å². The van der Waals surface area contributed by atoms with Crippen LogP contribution in [0.5, 0.6) is 0 Å². The molecule has 24 heavy (non-hydrogen) atoms. The summed E-state index contributed by atoms with van der Waals surface area (Å²) >= 11 is 0. The quantitative estimate of drug-likeness (QED) is 0.573. The Hall–Kier alpha value is -2.95. The zero-order chi connectivity index (χ0) is 16.7. The van der Waals surface area contributed by atoms with Crippen LogP contribution in [0.25, 0.3) is 22.6 Å². The molecule has 0 saturated carbocycles. The molecule has 0 aliphatic rings. The third kappa shape index (κ3) is 2.38. The number of aryl methyl sites for hydroxylation is 1. The molecule has 0 bridgehead atoms. The van der Waals surface area contributed by atoms with Gasteiger partial charge in [0.15, 0.2) is 5.82 Å². The number of aromatic nitrogens is 5. The number of nitrogens with zero attached hydrogens (tertiary/aromatic N) is 5. The van der Waals surface area contributed by atoms with E-state index < -0.39 is 0 Å². The maximum absolute atomic E-state index is 4.64. The van der Waals surface area contributed by atoms with Gasteiger partial charge in [0.2, 0.25) is 0 Å². The topological polar surface area (TPSA) is 48.0 Å². The van der Waals surface area contributed by atoms with Crippen LogP contribution in [-0.2, 0) is 0 Å². The van der Waals surface area contributed by atoms with Gasteiger partial charge in [-0.15, -0.1) is 0 Å². The van der Waals surface area contributed by atoms with Gasteiger partial charge in [-0.1, -0.05) is 19.9 Å². The minimum absolute atomic E-state index is 0.375. The Morgan fingerprint density at radius 2 is 1.92 bits per heavy atom. The predicted octanol–water partition coefficient (Wildman–Crippen LogP) is 4.01. The fraction of sp³-hybridized carbons (Fsp3) is 0.211. The van der Waals surface area contributed by atoms with E-state index in [0.717, 1.165) is 28.3 Å². The molecule has 0 radical (unpaired) electrons. The molecule has 0 N–H and O–H groups in total. The van der Waals surface area contributed by atoms with E-state index >= 15 is 0 Å². The molecule has 0 aromatic carbocycles. The van der Waals surface area contributed by atoms with Gasteiger partial charge in [0, 0.05) is 29.2 Å². The largest absolute Gasteiger partial charge is 0.241 e. The first-order valence-corrected chi connectivity index (χ1v) is 8.09. The summed E-state index contributed by atoms with van der Waals surface area (Å²) < 4.78 is 3.80. The van der Waals surface area contributed by atoms with Crippen LogP contribution >= 0.6 is 0 Å². The summed E-state index contributed by atoms with van der Waals surface area (Å²) in [7, 11) is 0. The first-order chi connectivity index (χ1) is 11.6. The fourth-order valence-electron chi connectivity index (χ4n) is 2.96. The Morgan fingerprint density at radius 3 is 2.71 bits per heavy atom. The molecule has 0 atom stereocenters. The van der Waals surface area contributed by atoms with E-state index in [1.807, 2.05) is 59.0 Å². The zero-order valence-electron chi connectivity index (χ0n) is 14.0. The van der Waals surface area contributed by atoms with E-state index in [4.69, 9.17) is 0 Å². The molecule has 0 amide bonds. The SMILES string of the molecule is Cc1cccc(-n2ncc(C(C)C)c2-c2ccn3nccc3c2)n1. The van der Waals surface area contributed by atoms with Crippen LogP contribution in [0, 0.1) is 6.92 Å². The lowest BCUT2D eigenvalue weighted by atomic mass is 10.00. The van der Waals surface area contributed by atoms with Crippen LogP contribution in [0.1, 0.15) is 31.0 Å². The molecule has 5 nitrogen and oxygen atoms in total. The van der Waals surface area contributed by atoms with Crippen molar-refractivity contribution < 1.29 is 0 Å². The van der Waals surface area contributed by atoms with Gasteiger partial charge < -0.3 is 0 Å². The van der Waals surface area contributed by atoms with Gasteiger partial charge in [-0.3, -0.25) is 0 Å². The van der Waals surface area contributed by atoms with Crippen molar-refractivity contribution in [3.05, 3.63) is 66.2 Å². The maximum Gasteiger partial charge on any atom is 0.154 e. The summed E-state index contributed by atoms with van der Waals surface area (Å²) in [5.74, 6) is 1.21. The molecule has 0 spiro atoms. The minimum Gasteiger partial charge on any atom is -0.241 e. The molecule has 4 heterocycles. The van der Waals surface area contributed by atoms with E-state index in [9.17, 15) is 0 Å². The Bertz CT molecular complexity index is 1010. The molecular formula is C19H19N5. The molecule has 0 aliphatic heterocycles. The van der Waals surface area contributed by atoms with Gasteiger partial charge in [0.05, 0.1) is 17.4 Å². The number of rotatable bonds is 3. The second-order valence-corrected chi connectivity index (χ2v) is 6.27. The van der Waals surface area contributed by atoms with Crippen LogP contribution in [0.3, 0.4) is 0 Å². The van der Waals surface area contributed by atoms with Gasteiger partial charge in [-0.25, -0.2) is 14.2 Å². The van der Waals surface area contributed by atoms with Crippen LogP contribution < -0.4 is 0 Å². The lowest BCUT2D eigenvalue weighted by Crippen LogP contribution is -2.04. The maximum atomic E-state index is 4.64. The highest BCUT2D eigenvalue weighted by atomic mass is 15.3. The third-order valence-corrected chi connectivity index (χ3v) is 4.18. The average molecular weight is 317 g/mol. The second-order valence-electron chi connectivity index (χ2n) is 6.27. The summed E-state index contributed by atoms with van der Waals surface area (Å²) in [5, 5.41) is 8.90. The van der Waals surface area contributed by atoms with Crippen molar-refractivity contribution in [1.82, 2.24) is 24.4 Å². The predicted molar refractivity (Wildman–Crippen MR) is 94.4 cm³/mol. The monoisotopic (exact) mass is 317 g/mol.